The summed E-state index contributed by atoms with van der Waals surface area (Å²) >= 11 is 3.25. The first-order valence-electron chi connectivity index (χ1n) is 4.34. The number of carboxylic acids is 1. The highest BCUT2D eigenvalue weighted by Gasteiger charge is 2.05. The fourth-order valence-electron chi connectivity index (χ4n) is 1.09. The van der Waals surface area contributed by atoms with E-state index in [9.17, 15) is 4.79 Å². The van der Waals surface area contributed by atoms with Crippen LogP contribution in [0.25, 0.3) is 0 Å². The Morgan fingerprint density at radius 1 is 1.53 bits per heavy atom. The Balaban J connectivity index is 2.80. The van der Waals surface area contributed by atoms with E-state index in [0.717, 1.165) is 10.2 Å². The molecule has 0 spiro atoms. The molecule has 0 aliphatic carbocycles. The van der Waals surface area contributed by atoms with E-state index in [-0.39, 0.29) is 5.56 Å². The summed E-state index contributed by atoms with van der Waals surface area (Å²) in [5.41, 5.74) is 0.990. The minimum Gasteiger partial charge on any atom is -0.478 e. The minimum absolute atomic E-state index is 0.243. The Morgan fingerprint density at radius 2 is 2.27 bits per heavy atom. The van der Waals surface area contributed by atoms with Crippen LogP contribution in [0.1, 0.15) is 16.8 Å². The van der Waals surface area contributed by atoms with Gasteiger partial charge >= 0.3 is 5.97 Å². The van der Waals surface area contributed by atoms with Crippen molar-refractivity contribution in [3.8, 4) is 12.3 Å². The Hall–Kier alpha value is -1.47. The first-order valence-corrected chi connectivity index (χ1v) is 5.14. The van der Waals surface area contributed by atoms with Gasteiger partial charge in [0.05, 0.1) is 5.56 Å². The summed E-state index contributed by atoms with van der Waals surface area (Å²) in [6.07, 6.45) is 5.71. The van der Waals surface area contributed by atoms with Gasteiger partial charge in [-0.15, -0.1) is 12.3 Å². The van der Waals surface area contributed by atoms with E-state index in [1.165, 1.54) is 0 Å². The average molecular weight is 268 g/mol. The Bertz CT molecular complexity index is 410. The van der Waals surface area contributed by atoms with Crippen molar-refractivity contribution in [1.82, 2.24) is 0 Å². The highest BCUT2D eigenvalue weighted by molar-refractivity contribution is 9.10. The van der Waals surface area contributed by atoms with Gasteiger partial charge in [-0.05, 0) is 18.2 Å². The number of anilines is 1. The normalized spacial score (nSPS) is 9.33. The van der Waals surface area contributed by atoms with Gasteiger partial charge in [-0.3, -0.25) is 0 Å². The molecule has 3 nitrogen and oxygen atoms in total. The van der Waals surface area contributed by atoms with E-state index in [1.54, 1.807) is 12.1 Å². The number of terminal acetylenes is 1. The smallest absolute Gasteiger partial charge is 0.335 e. The molecule has 4 heteroatoms. The van der Waals surface area contributed by atoms with Gasteiger partial charge in [-0.25, -0.2) is 4.79 Å². The van der Waals surface area contributed by atoms with Crippen LogP contribution in [-0.2, 0) is 0 Å². The van der Waals surface area contributed by atoms with Gasteiger partial charge in [0.1, 0.15) is 0 Å². The first kappa shape index (κ1) is 11.6. The van der Waals surface area contributed by atoms with Crippen molar-refractivity contribution < 1.29 is 9.90 Å². The predicted octanol–water partition coefficient (Wildman–Crippen LogP) is 2.58. The lowest BCUT2D eigenvalue weighted by Gasteiger charge is -2.06. The number of aromatic carboxylic acids is 1. The predicted molar refractivity (Wildman–Crippen MR) is 63.0 cm³/mol. The van der Waals surface area contributed by atoms with Crippen LogP contribution in [0.3, 0.4) is 0 Å². The lowest BCUT2D eigenvalue weighted by Crippen LogP contribution is -2.03. The van der Waals surface area contributed by atoms with Crippen molar-refractivity contribution in [2.24, 2.45) is 0 Å². The topological polar surface area (TPSA) is 49.3 Å². The molecule has 0 aliphatic heterocycles. The summed E-state index contributed by atoms with van der Waals surface area (Å²) in [5.74, 6) is 1.55. The number of hydrogen-bond donors (Lipinski definition) is 2. The number of nitrogens with one attached hydrogen (secondary N) is 1. The average Bonchev–Trinajstić information content (AvgIpc) is 2.17. The summed E-state index contributed by atoms with van der Waals surface area (Å²) in [6, 6.07) is 4.93. The quantitative estimate of drug-likeness (QED) is 0.651. The zero-order valence-electron chi connectivity index (χ0n) is 7.96. The Morgan fingerprint density at radius 3 is 2.87 bits per heavy atom. The van der Waals surface area contributed by atoms with Gasteiger partial charge in [-0.1, -0.05) is 15.9 Å². The molecular formula is C11H10BrNO2. The molecule has 1 rings (SSSR count). The molecule has 1 aromatic rings. The summed E-state index contributed by atoms with van der Waals surface area (Å²) in [6.45, 7) is 0.631. The van der Waals surface area contributed by atoms with Crippen LogP contribution in [0.15, 0.2) is 22.7 Å². The van der Waals surface area contributed by atoms with E-state index in [4.69, 9.17) is 11.5 Å². The fraction of sp³-hybridized carbons (Fsp3) is 0.182. The molecule has 0 aromatic heterocycles. The monoisotopic (exact) mass is 267 g/mol. The summed E-state index contributed by atoms with van der Waals surface area (Å²) < 4.78 is 0.727. The van der Waals surface area contributed by atoms with Crippen LogP contribution in [-0.4, -0.2) is 17.6 Å². The lowest BCUT2D eigenvalue weighted by atomic mass is 10.2. The van der Waals surface area contributed by atoms with E-state index in [0.29, 0.717) is 13.0 Å². The van der Waals surface area contributed by atoms with E-state index < -0.39 is 5.97 Å². The second-order valence-corrected chi connectivity index (χ2v) is 3.83. The van der Waals surface area contributed by atoms with Crippen molar-refractivity contribution in [1.29, 1.82) is 0 Å². The van der Waals surface area contributed by atoms with E-state index >= 15 is 0 Å². The van der Waals surface area contributed by atoms with Gasteiger partial charge in [-0.2, -0.15) is 0 Å². The number of carboxylic acid groups (broad SMARTS) is 1. The van der Waals surface area contributed by atoms with Gasteiger partial charge in [0.15, 0.2) is 0 Å². The molecular weight excluding hydrogens is 258 g/mol. The summed E-state index contributed by atoms with van der Waals surface area (Å²) in [5, 5.41) is 11.9. The van der Waals surface area contributed by atoms with Crippen LogP contribution < -0.4 is 5.32 Å². The highest BCUT2D eigenvalue weighted by Crippen LogP contribution is 2.19. The molecule has 0 amide bonds. The van der Waals surface area contributed by atoms with Crippen LogP contribution >= 0.6 is 15.9 Å². The van der Waals surface area contributed by atoms with Crippen molar-refractivity contribution in [3.63, 3.8) is 0 Å². The third kappa shape index (κ3) is 3.64. The first-order chi connectivity index (χ1) is 7.13. The van der Waals surface area contributed by atoms with Gasteiger partial charge in [0.2, 0.25) is 0 Å². The zero-order valence-corrected chi connectivity index (χ0v) is 9.54. The van der Waals surface area contributed by atoms with Gasteiger partial charge in [0.25, 0.3) is 0 Å². The zero-order chi connectivity index (χ0) is 11.3. The molecule has 0 radical (unpaired) electrons. The number of hydrogen-bond acceptors (Lipinski definition) is 2. The maximum absolute atomic E-state index is 10.8. The molecule has 0 unspecified atom stereocenters. The lowest BCUT2D eigenvalue weighted by molar-refractivity contribution is 0.0697. The molecule has 0 atom stereocenters. The summed E-state index contributed by atoms with van der Waals surface area (Å²) in [7, 11) is 0. The molecule has 15 heavy (non-hydrogen) atoms. The maximum Gasteiger partial charge on any atom is 0.335 e. The Kier molecular flexibility index (Phi) is 4.19. The molecule has 0 saturated heterocycles. The van der Waals surface area contributed by atoms with Gasteiger partial charge < -0.3 is 10.4 Å². The van der Waals surface area contributed by atoms with Crippen LogP contribution in [0.2, 0.25) is 0 Å². The SMILES string of the molecule is C#CCCNc1cc(Br)cc(C(=O)O)c1. The molecule has 0 aliphatic rings. The van der Waals surface area contributed by atoms with Crippen molar-refractivity contribution in [3.05, 3.63) is 28.2 Å². The fourth-order valence-corrected chi connectivity index (χ4v) is 1.59. The summed E-state index contributed by atoms with van der Waals surface area (Å²) in [4.78, 5) is 10.8. The van der Waals surface area contributed by atoms with Crippen LogP contribution in [0, 0.1) is 12.3 Å². The van der Waals surface area contributed by atoms with Crippen molar-refractivity contribution in [2.45, 2.75) is 6.42 Å². The molecule has 0 heterocycles. The van der Waals surface area contributed by atoms with Crippen molar-refractivity contribution >= 4 is 27.6 Å². The molecule has 0 saturated carbocycles. The number of rotatable bonds is 4. The van der Waals surface area contributed by atoms with E-state index in [2.05, 4.69) is 27.2 Å². The molecule has 0 fully saturated rings. The van der Waals surface area contributed by atoms with Gasteiger partial charge in [0, 0.05) is 23.1 Å². The third-order valence-corrected chi connectivity index (χ3v) is 2.20. The van der Waals surface area contributed by atoms with Crippen molar-refractivity contribution in [2.75, 3.05) is 11.9 Å². The van der Waals surface area contributed by atoms with Crippen LogP contribution in [0.4, 0.5) is 5.69 Å². The standard InChI is InChI=1S/C11H10BrNO2/c1-2-3-4-13-10-6-8(11(14)15)5-9(12)7-10/h1,5-7,13H,3-4H2,(H,14,15). The van der Waals surface area contributed by atoms with Crippen LogP contribution in [0.5, 0.6) is 0 Å². The highest BCUT2D eigenvalue weighted by atomic mass is 79.9. The second kappa shape index (κ2) is 5.42. The molecule has 78 valence electrons. The second-order valence-electron chi connectivity index (χ2n) is 2.91. The Labute approximate surface area is 96.6 Å². The number of benzene rings is 1. The number of carbonyl (C=O) groups is 1. The van der Waals surface area contributed by atoms with E-state index in [1.807, 2.05) is 6.07 Å². The molecule has 1 aromatic carbocycles. The maximum atomic E-state index is 10.8. The third-order valence-electron chi connectivity index (χ3n) is 1.74. The molecule has 2 N–H and O–H groups in total. The minimum atomic E-state index is -0.948. The molecule has 0 bridgehead atoms. The largest absolute Gasteiger partial charge is 0.478 e. The number of halogens is 1.